The minimum atomic E-state index is -0.380. The summed E-state index contributed by atoms with van der Waals surface area (Å²) in [5, 5.41) is 0. The van der Waals surface area contributed by atoms with Crippen molar-refractivity contribution in [3.05, 3.63) is 114 Å². The zero-order valence-electron chi connectivity index (χ0n) is 14.6. The first kappa shape index (κ1) is 15.0. The molecule has 0 saturated heterocycles. The van der Waals surface area contributed by atoms with E-state index in [1.807, 2.05) is 18.3 Å². The second kappa shape index (κ2) is 5.37. The number of rotatable bonds is 2. The van der Waals surface area contributed by atoms with Crippen molar-refractivity contribution in [1.82, 2.24) is 9.97 Å². The highest BCUT2D eigenvalue weighted by Gasteiger charge is 2.52. The lowest BCUT2D eigenvalue weighted by atomic mass is 9.71. The summed E-state index contributed by atoms with van der Waals surface area (Å²) in [6.45, 7) is 6.07. The predicted octanol–water partition coefficient (Wildman–Crippen LogP) is 5.32. The topological polar surface area (TPSA) is 25.8 Å². The summed E-state index contributed by atoms with van der Waals surface area (Å²) in [5.74, 6) is 0. The van der Waals surface area contributed by atoms with Gasteiger partial charge >= 0.3 is 0 Å². The number of hydrogen-bond acceptors (Lipinski definition) is 2. The molecular formula is C24H18N2. The number of fused-ring (bicyclic) bond motifs is 7. The highest BCUT2D eigenvalue weighted by Crippen LogP contribution is 2.60. The van der Waals surface area contributed by atoms with Gasteiger partial charge in [-0.05, 0) is 40.3 Å². The van der Waals surface area contributed by atoms with Gasteiger partial charge in [0.05, 0.1) is 11.1 Å². The summed E-state index contributed by atoms with van der Waals surface area (Å²) in [6, 6.07) is 17.3. The molecule has 124 valence electrons. The van der Waals surface area contributed by atoms with Gasteiger partial charge in [-0.1, -0.05) is 73.3 Å². The molecule has 26 heavy (non-hydrogen) atoms. The Morgan fingerprint density at radius 2 is 1.62 bits per heavy atom. The van der Waals surface area contributed by atoms with Crippen LogP contribution in [-0.2, 0) is 5.41 Å². The van der Waals surface area contributed by atoms with Gasteiger partial charge in [0, 0.05) is 11.8 Å². The predicted molar refractivity (Wildman–Crippen MR) is 106 cm³/mol. The van der Waals surface area contributed by atoms with E-state index in [4.69, 9.17) is 4.98 Å². The fraction of sp³-hybridized carbons (Fsp3) is 0.0833. The zero-order chi connectivity index (χ0) is 17.7. The normalized spacial score (nSPS) is 19.7. The van der Waals surface area contributed by atoms with Crippen LogP contribution in [0.5, 0.6) is 0 Å². The number of nitrogens with zero attached hydrogens (tertiary/aromatic N) is 2. The van der Waals surface area contributed by atoms with E-state index < -0.39 is 0 Å². The van der Waals surface area contributed by atoms with Crippen LogP contribution in [0, 0.1) is 0 Å². The van der Waals surface area contributed by atoms with E-state index in [-0.39, 0.29) is 5.41 Å². The van der Waals surface area contributed by atoms with Crippen LogP contribution in [0.2, 0.25) is 0 Å². The summed E-state index contributed by atoms with van der Waals surface area (Å²) in [4.78, 5) is 9.11. The van der Waals surface area contributed by atoms with Crippen molar-refractivity contribution in [3.8, 4) is 11.1 Å². The molecule has 2 aromatic carbocycles. The Balaban J connectivity index is 1.99. The molecule has 5 rings (SSSR count). The maximum absolute atomic E-state index is 4.80. The lowest BCUT2D eigenvalue weighted by Crippen LogP contribution is -2.27. The van der Waals surface area contributed by atoms with Crippen molar-refractivity contribution in [3.63, 3.8) is 0 Å². The first-order valence-corrected chi connectivity index (χ1v) is 8.81. The largest absolute Gasteiger partial charge is 0.244 e. The summed E-state index contributed by atoms with van der Waals surface area (Å²) in [6.07, 6.45) is 9.65. The first-order chi connectivity index (χ1) is 12.8. The number of benzene rings is 2. The highest BCUT2D eigenvalue weighted by atomic mass is 14.9. The van der Waals surface area contributed by atoms with E-state index in [0.29, 0.717) is 0 Å². The smallest absolute Gasteiger partial charge is 0.115 e. The Morgan fingerprint density at radius 1 is 0.923 bits per heavy atom. The van der Waals surface area contributed by atoms with Crippen LogP contribution in [0.4, 0.5) is 0 Å². The Hall–Kier alpha value is -3.26. The van der Waals surface area contributed by atoms with Crippen molar-refractivity contribution in [2.45, 2.75) is 12.3 Å². The molecule has 1 spiro atoms. The molecule has 0 saturated carbocycles. The van der Waals surface area contributed by atoms with Gasteiger partial charge in [-0.25, -0.2) is 9.97 Å². The average Bonchev–Trinajstić information content (AvgIpc) is 3.13. The molecule has 0 amide bonds. The summed E-state index contributed by atoms with van der Waals surface area (Å²) in [5.41, 5.74) is 9.46. The molecule has 2 heteroatoms. The van der Waals surface area contributed by atoms with Crippen molar-refractivity contribution in [2.75, 3.05) is 0 Å². The molecule has 1 atom stereocenters. The van der Waals surface area contributed by atoms with Crippen molar-refractivity contribution in [1.29, 1.82) is 0 Å². The first-order valence-electron chi connectivity index (χ1n) is 8.81. The van der Waals surface area contributed by atoms with E-state index >= 15 is 0 Å². The van der Waals surface area contributed by atoms with Crippen molar-refractivity contribution in [2.24, 2.45) is 0 Å². The quantitative estimate of drug-likeness (QED) is 0.593. The van der Waals surface area contributed by atoms with Gasteiger partial charge in [0.15, 0.2) is 0 Å². The SMILES string of the molecule is C=C/C=C\C1=C(C)c2ccccc2C12c1ccccc1-c1cncnc12. The Kier molecular flexibility index (Phi) is 3.10. The molecule has 0 aliphatic heterocycles. The summed E-state index contributed by atoms with van der Waals surface area (Å²) in [7, 11) is 0. The van der Waals surface area contributed by atoms with Gasteiger partial charge in [-0.2, -0.15) is 0 Å². The molecule has 3 aromatic rings. The number of hydrogen-bond donors (Lipinski definition) is 0. The second-order valence-corrected chi connectivity index (χ2v) is 6.76. The van der Waals surface area contributed by atoms with E-state index in [2.05, 4.69) is 73.1 Å². The summed E-state index contributed by atoms with van der Waals surface area (Å²) >= 11 is 0. The van der Waals surface area contributed by atoms with Gasteiger partial charge in [-0.3, -0.25) is 0 Å². The van der Waals surface area contributed by atoms with E-state index in [0.717, 1.165) is 11.3 Å². The van der Waals surface area contributed by atoms with Crippen LogP contribution in [0.25, 0.3) is 16.7 Å². The van der Waals surface area contributed by atoms with Gasteiger partial charge in [0.1, 0.15) is 6.33 Å². The number of aromatic nitrogens is 2. The van der Waals surface area contributed by atoms with Gasteiger partial charge in [0.25, 0.3) is 0 Å². The molecule has 1 unspecified atom stereocenters. The molecule has 0 radical (unpaired) electrons. The third-order valence-corrected chi connectivity index (χ3v) is 5.63. The molecule has 0 bridgehead atoms. The second-order valence-electron chi connectivity index (χ2n) is 6.76. The van der Waals surface area contributed by atoms with E-state index in [1.54, 1.807) is 6.33 Å². The third-order valence-electron chi connectivity index (χ3n) is 5.63. The van der Waals surface area contributed by atoms with Crippen LogP contribution in [-0.4, -0.2) is 9.97 Å². The maximum atomic E-state index is 4.80. The molecule has 2 aliphatic carbocycles. The molecule has 0 fully saturated rings. The molecule has 0 N–H and O–H groups in total. The van der Waals surface area contributed by atoms with Crippen molar-refractivity contribution < 1.29 is 0 Å². The van der Waals surface area contributed by atoms with Gasteiger partial charge in [-0.15, -0.1) is 0 Å². The maximum Gasteiger partial charge on any atom is 0.115 e. The van der Waals surface area contributed by atoms with Crippen LogP contribution in [0.3, 0.4) is 0 Å². The Morgan fingerprint density at radius 3 is 2.38 bits per heavy atom. The molecule has 1 heterocycles. The minimum absolute atomic E-state index is 0.380. The fourth-order valence-corrected chi connectivity index (χ4v) is 4.67. The van der Waals surface area contributed by atoms with Gasteiger partial charge in [0.2, 0.25) is 0 Å². The Labute approximate surface area is 153 Å². The van der Waals surface area contributed by atoms with E-state index in [1.165, 1.54) is 33.4 Å². The summed E-state index contributed by atoms with van der Waals surface area (Å²) < 4.78 is 0. The zero-order valence-corrected chi connectivity index (χ0v) is 14.6. The number of allylic oxidation sites excluding steroid dienone is 5. The molecule has 2 aliphatic rings. The standard InChI is InChI=1S/C24H18N2/c1-3-4-11-20-16(2)17-9-5-7-12-21(17)24(20)22-13-8-6-10-18(22)19-14-25-15-26-23(19)24/h3-15H,1H2,2H3/b11-4-. The van der Waals surface area contributed by atoms with Crippen LogP contribution in [0.15, 0.2) is 91.4 Å². The van der Waals surface area contributed by atoms with E-state index in [9.17, 15) is 0 Å². The minimum Gasteiger partial charge on any atom is -0.244 e. The van der Waals surface area contributed by atoms with Crippen LogP contribution < -0.4 is 0 Å². The average molecular weight is 334 g/mol. The molecule has 1 aromatic heterocycles. The van der Waals surface area contributed by atoms with Crippen LogP contribution >= 0.6 is 0 Å². The lowest BCUT2D eigenvalue weighted by molar-refractivity contribution is 0.749. The fourth-order valence-electron chi connectivity index (χ4n) is 4.67. The molecular weight excluding hydrogens is 316 g/mol. The Bertz CT molecular complexity index is 1070. The lowest BCUT2D eigenvalue weighted by Gasteiger charge is -2.30. The van der Waals surface area contributed by atoms with Gasteiger partial charge < -0.3 is 0 Å². The monoisotopic (exact) mass is 334 g/mol. The third kappa shape index (κ3) is 1.66. The highest BCUT2D eigenvalue weighted by molar-refractivity contribution is 5.93. The van der Waals surface area contributed by atoms with Crippen molar-refractivity contribution >= 4 is 5.57 Å². The molecule has 2 nitrogen and oxygen atoms in total. The van der Waals surface area contributed by atoms with Crippen LogP contribution in [0.1, 0.15) is 29.3 Å².